The Morgan fingerprint density at radius 2 is 2.17 bits per heavy atom. The van der Waals surface area contributed by atoms with Gasteiger partial charge in [-0.3, -0.25) is 9.88 Å². The third kappa shape index (κ3) is 2.92. The van der Waals surface area contributed by atoms with Gasteiger partial charge in [0.15, 0.2) is 0 Å². The molecule has 1 aliphatic rings. The van der Waals surface area contributed by atoms with Gasteiger partial charge in [-0.2, -0.15) is 5.10 Å². The van der Waals surface area contributed by atoms with E-state index in [-0.39, 0.29) is 0 Å². The first-order valence-corrected chi connectivity index (χ1v) is 8.26. The quantitative estimate of drug-likeness (QED) is 0.732. The van der Waals surface area contributed by atoms with Gasteiger partial charge in [0.1, 0.15) is 0 Å². The molecular weight excluding hydrogens is 324 g/mol. The van der Waals surface area contributed by atoms with Crippen LogP contribution >= 0.6 is 11.6 Å². The Morgan fingerprint density at radius 3 is 3.04 bits per heavy atom. The molecule has 0 saturated heterocycles. The molecule has 0 atom stereocenters. The average Bonchev–Trinajstić information content (AvgIpc) is 2.61. The van der Waals surface area contributed by atoms with Crippen molar-refractivity contribution in [3.63, 3.8) is 0 Å². The van der Waals surface area contributed by atoms with Crippen LogP contribution in [-0.4, -0.2) is 33.7 Å². The molecule has 24 heavy (non-hydrogen) atoms. The molecule has 0 spiro atoms. The number of methoxy groups -OCH3 is 1. The third-order valence-electron chi connectivity index (χ3n) is 4.35. The van der Waals surface area contributed by atoms with Gasteiger partial charge in [0, 0.05) is 48.7 Å². The number of rotatable bonds is 3. The Kier molecular flexibility index (Phi) is 4.04. The normalized spacial score (nSPS) is 14.6. The second-order valence-corrected chi connectivity index (χ2v) is 6.40. The Hall–Kier alpha value is -2.24. The number of hydrogen-bond donors (Lipinski definition) is 0. The van der Waals surface area contributed by atoms with E-state index in [0.717, 1.165) is 53.2 Å². The zero-order chi connectivity index (χ0) is 16.5. The molecule has 122 valence electrons. The lowest BCUT2D eigenvalue weighted by atomic mass is 10.0. The van der Waals surface area contributed by atoms with E-state index in [1.165, 1.54) is 5.56 Å². The zero-order valence-electron chi connectivity index (χ0n) is 13.4. The topological polar surface area (TPSA) is 51.1 Å². The monoisotopic (exact) mass is 340 g/mol. The number of halogens is 1. The summed E-state index contributed by atoms with van der Waals surface area (Å²) in [7, 11) is 1.61. The van der Waals surface area contributed by atoms with E-state index in [1.54, 1.807) is 7.11 Å². The molecule has 0 N–H and O–H groups in total. The van der Waals surface area contributed by atoms with Gasteiger partial charge in [0.2, 0.25) is 5.88 Å². The second-order valence-electron chi connectivity index (χ2n) is 5.96. The maximum Gasteiger partial charge on any atom is 0.233 e. The predicted octanol–water partition coefficient (Wildman–Crippen LogP) is 3.25. The van der Waals surface area contributed by atoms with Crippen LogP contribution in [0, 0.1) is 0 Å². The molecule has 3 heterocycles. The van der Waals surface area contributed by atoms with E-state index in [0.29, 0.717) is 5.88 Å². The first-order valence-electron chi connectivity index (χ1n) is 7.88. The van der Waals surface area contributed by atoms with Gasteiger partial charge in [-0.05, 0) is 29.3 Å². The smallest absolute Gasteiger partial charge is 0.233 e. The minimum absolute atomic E-state index is 0.561. The van der Waals surface area contributed by atoms with Crippen LogP contribution in [0.2, 0.25) is 5.02 Å². The van der Waals surface area contributed by atoms with Gasteiger partial charge in [-0.25, -0.2) is 0 Å². The number of aromatic nitrogens is 3. The van der Waals surface area contributed by atoms with Crippen molar-refractivity contribution < 1.29 is 4.74 Å². The molecule has 6 heteroatoms. The summed E-state index contributed by atoms with van der Waals surface area (Å²) in [6.45, 7) is 2.56. The van der Waals surface area contributed by atoms with Crippen molar-refractivity contribution in [2.75, 3.05) is 13.7 Å². The molecule has 3 aromatic rings. The highest BCUT2D eigenvalue weighted by Gasteiger charge is 2.20. The Morgan fingerprint density at radius 1 is 1.25 bits per heavy atom. The number of fused-ring (bicyclic) bond motifs is 2. The van der Waals surface area contributed by atoms with Gasteiger partial charge in [-0.1, -0.05) is 17.7 Å². The van der Waals surface area contributed by atoms with Crippen molar-refractivity contribution in [1.29, 1.82) is 0 Å². The molecule has 1 aromatic carbocycles. The molecule has 2 aromatic heterocycles. The lowest BCUT2D eigenvalue weighted by molar-refractivity contribution is 0.242. The van der Waals surface area contributed by atoms with Crippen molar-refractivity contribution in [2.24, 2.45) is 0 Å². The molecule has 0 radical (unpaired) electrons. The number of benzene rings is 1. The van der Waals surface area contributed by atoms with Crippen LogP contribution in [0.4, 0.5) is 0 Å². The highest BCUT2D eigenvalue weighted by atomic mass is 35.5. The predicted molar refractivity (Wildman–Crippen MR) is 93.2 cm³/mol. The highest BCUT2D eigenvalue weighted by molar-refractivity contribution is 6.31. The molecule has 0 saturated carbocycles. The van der Waals surface area contributed by atoms with Crippen LogP contribution in [0.1, 0.15) is 16.8 Å². The minimum Gasteiger partial charge on any atom is -0.480 e. The summed E-state index contributed by atoms with van der Waals surface area (Å²) in [5, 5.41) is 10.1. The molecule has 0 aliphatic carbocycles. The van der Waals surface area contributed by atoms with E-state index in [4.69, 9.17) is 16.3 Å². The summed E-state index contributed by atoms with van der Waals surface area (Å²) in [5.74, 6) is 0.561. The summed E-state index contributed by atoms with van der Waals surface area (Å²) in [4.78, 5) is 6.91. The molecule has 0 fully saturated rings. The number of nitrogens with zero attached hydrogens (tertiary/aromatic N) is 4. The van der Waals surface area contributed by atoms with E-state index in [1.807, 2.05) is 36.5 Å². The van der Waals surface area contributed by atoms with Crippen LogP contribution in [0.3, 0.4) is 0 Å². The average molecular weight is 341 g/mol. The first-order chi connectivity index (χ1) is 11.7. The van der Waals surface area contributed by atoms with Gasteiger partial charge in [0.25, 0.3) is 0 Å². The third-order valence-corrected chi connectivity index (χ3v) is 4.57. The van der Waals surface area contributed by atoms with E-state index in [2.05, 4.69) is 20.1 Å². The lowest BCUT2D eigenvalue weighted by Gasteiger charge is -2.28. The Balaban J connectivity index is 1.62. The molecular formula is C18H17ClN4O. The summed E-state index contributed by atoms with van der Waals surface area (Å²) >= 11 is 6.28. The molecule has 0 unspecified atom stereocenters. The van der Waals surface area contributed by atoms with Gasteiger partial charge < -0.3 is 4.74 Å². The fraction of sp³-hybridized carbons (Fsp3) is 0.278. The number of pyridine rings is 1. The van der Waals surface area contributed by atoms with Crippen molar-refractivity contribution in [2.45, 2.75) is 19.5 Å². The van der Waals surface area contributed by atoms with E-state index in [9.17, 15) is 0 Å². The molecule has 4 rings (SSSR count). The van der Waals surface area contributed by atoms with Crippen LogP contribution in [0.5, 0.6) is 5.88 Å². The Labute approximate surface area is 145 Å². The zero-order valence-corrected chi connectivity index (χ0v) is 14.1. The standard InChI is InChI=1S/C18H17ClN4O/c1-24-17-9-13-10-23(6-4-16(13)21-22-17)11-14-8-15(19)7-12-3-2-5-20-18(12)14/h2-3,5,7-9H,4,6,10-11H2,1H3. The highest BCUT2D eigenvalue weighted by Crippen LogP contribution is 2.26. The largest absolute Gasteiger partial charge is 0.480 e. The second kappa shape index (κ2) is 6.34. The minimum atomic E-state index is 0.561. The summed E-state index contributed by atoms with van der Waals surface area (Å²) < 4.78 is 5.19. The van der Waals surface area contributed by atoms with Crippen molar-refractivity contribution >= 4 is 22.5 Å². The van der Waals surface area contributed by atoms with Gasteiger partial charge >= 0.3 is 0 Å². The maximum absolute atomic E-state index is 6.28. The van der Waals surface area contributed by atoms with Crippen molar-refractivity contribution in [3.8, 4) is 5.88 Å². The van der Waals surface area contributed by atoms with Crippen LogP contribution in [0.15, 0.2) is 36.5 Å². The Bertz CT molecular complexity index is 899. The summed E-state index contributed by atoms with van der Waals surface area (Å²) in [5.41, 5.74) is 4.39. The van der Waals surface area contributed by atoms with Crippen molar-refractivity contribution in [1.82, 2.24) is 20.1 Å². The number of hydrogen-bond acceptors (Lipinski definition) is 5. The molecule has 0 amide bonds. The van der Waals surface area contributed by atoms with Crippen LogP contribution in [-0.2, 0) is 19.5 Å². The SMILES string of the molecule is COc1cc2c(nn1)CCN(Cc1cc(Cl)cc3cccnc13)C2. The first kappa shape index (κ1) is 15.3. The summed E-state index contributed by atoms with van der Waals surface area (Å²) in [6.07, 6.45) is 2.71. The van der Waals surface area contributed by atoms with Gasteiger partial charge in [-0.15, -0.1) is 5.10 Å². The van der Waals surface area contributed by atoms with Crippen LogP contribution < -0.4 is 4.74 Å². The molecule has 5 nitrogen and oxygen atoms in total. The number of ether oxygens (including phenoxy) is 1. The van der Waals surface area contributed by atoms with Gasteiger partial charge in [0.05, 0.1) is 18.3 Å². The van der Waals surface area contributed by atoms with E-state index >= 15 is 0 Å². The van der Waals surface area contributed by atoms with Crippen molar-refractivity contribution in [3.05, 3.63) is 58.4 Å². The van der Waals surface area contributed by atoms with Crippen LogP contribution in [0.25, 0.3) is 10.9 Å². The summed E-state index contributed by atoms with van der Waals surface area (Å²) in [6, 6.07) is 9.92. The fourth-order valence-electron chi connectivity index (χ4n) is 3.19. The van der Waals surface area contributed by atoms with E-state index < -0.39 is 0 Å². The molecule has 0 bridgehead atoms. The maximum atomic E-state index is 6.28. The fourth-order valence-corrected chi connectivity index (χ4v) is 3.44. The lowest BCUT2D eigenvalue weighted by Crippen LogP contribution is -2.31. The molecule has 1 aliphatic heterocycles.